The first-order valence-corrected chi connectivity index (χ1v) is 13.2. The van der Waals surface area contributed by atoms with Gasteiger partial charge in [0.25, 0.3) is 5.56 Å². The molecule has 2 aromatic heterocycles. The zero-order valence-electron chi connectivity index (χ0n) is 23.5. The van der Waals surface area contributed by atoms with Crippen molar-refractivity contribution < 1.29 is 23.5 Å². The molecule has 2 aromatic carbocycles. The molecule has 10 heteroatoms. The molecule has 0 spiro atoms. The van der Waals surface area contributed by atoms with Gasteiger partial charge in [0.2, 0.25) is 5.91 Å². The van der Waals surface area contributed by atoms with Crippen LogP contribution in [-0.4, -0.2) is 65.5 Å². The van der Waals surface area contributed by atoms with Gasteiger partial charge in [-0.2, -0.15) is 0 Å². The van der Waals surface area contributed by atoms with E-state index in [-0.39, 0.29) is 37.8 Å². The molecule has 10 nitrogen and oxygen atoms in total. The lowest BCUT2D eigenvalue weighted by Crippen LogP contribution is -2.35. The first-order valence-electron chi connectivity index (χ1n) is 13.2. The summed E-state index contributed by atoms with van der Waals surface area (Å²) in [7, 11) is 3.44. The quantitative estimate of drug-likeness (QED) is 0.222. The van der Waals surface area contributed by atoms with Crippen molar-refractivity contribution in [3.05, 3.63) is 93.6 Å². The molecule has 4 rings (SSSR count). The number of carbonyl (C=O) groups excluding carboxylic acids is 1. The minimum absolute atomic E-state index is 0.101. The Kier molecular flexibility index (Phi) is 10.1. The Balaban J connectivity index is 1.60. The molecule has 0 aliphatic carbocycles. The molecule has 4 aromatic rings. The van der Waals surface area contributed by atoms with E-state index in [1.165, 1.54) is 0 Å². The highest BCUT2D eigenvalue weighted by Gasteiger charge is 2.25. The van der Waals surface area contributed by atoms with E-state index in [2.05, 4.69) is 5.16 Å². The van der Waals surface area contributed by atoms with Gasteiger partial charge >= 0.3 is 0 Å². The second-order valence-corrected chi connectivity index (χ2v) is 9.38. The number of rotatable bonds is 14. The summed E-state index contributed by atoms with van der Waals surface area (Å²) >= 11 is 0. The molecule has 0 bridgehead atoms. The minimum Gasteiger partial charge on any atom is -0.382 e. The molecule has 2 heterocycles. The number of aryl methyl sites for hydroxylation is 1. The van der Waals surface area contributed by atoms with Crippen LogP contribution in [0.4, 0.5) is 0 Å². The van der Waals surface area contributed by atoms with E-state index in [9.17, 15) is 9.59 Å². The number of hydrogen-bond acceptors (Lipinski definition) is 7. The third kappa shape index (κ3) is 6.77. The fourth-order valence-corrected chi connectivity index (χ4v) is 4.43. The molecule has 212 valence electrons. The summed E-state index contributed by atoms with van der Waals surface area (Å²) in [6.45, 7) is 5.40. The van der Waals surface area contributed by atoms with Crippen LogP contribution in [0.3, 0.4) is 0 Å². The fourth-order valence-electron chi connectivity index (χ4n) is 4.43. The monoisotopic (exact) mass is 548 g/mol. The second kappa shape index (κ2) is 13.9. The lowest BCUT2D eigenvalue weighted by atomic mass is 10.1. The van der Waals surface area contributed by atoms with E-state index < -0.39 is 0 Å². The standard InChI is InChI=1S/C30H36N4O6/c1-22-26(30(36)34(32(22)3)25-13-9-6-10-14-25)19-33(28(35)21-39-18-17-38-16-15-37-4)20-27-23(2)40-31-29(27)24-11-7-5-8-12-24/h5-14H,15-21H2,1-4H3. The highest BCUT2D eigenvalue weighted by atomic mass is 16.5. The fraction of sp³-hybridized carbons (Fsp3) is 0.367. The third-order valence-electron chi connectivity index (χ3n) is 6.79. The van der Waals surface area contributed by atoms with E-state index in [4.69, 9.17) is 18.7 Å². The molecule has 0 unspecified atom stereocenters. The zero-order chi connectivity index (χ0) is 28.5. The maximum absolute atomic E-state index is 13.6. The largest absolute Gasteiger partial charge is 0.382 e. The number of amides is 1. The Morgan fingerprint density at radius 1 is 0.900 bits per heavy atom. The Hall–Kier alpha value is -3.99. The van der Waals surface area contributed by atoms with Crippen molar-refractivity contribution in [2.45, 2.75) is 26.9 Å². The normalized spacial score (nSPS) is 11.2. The molecule has 0 N–H and O–H groups in total. The molecule has 0 aliphatic heterocycles. The summed E-state index contributed by atoms with van der Waals surface area (Å²) in [5.74, 6) is 0.348. The van der Waals surface area contributed by atoms with Crippen molar-refractivity contribution >= 4 is 5.91 Å². The lowest BCUT2D eigenvalue weighted by Gasteiger charge is -2.22. The van der Waals surface area contributed by atoms with Crippen LogP contribution in [0.25, 0.3) is 16.9 Å². The molecule has 0 aliphatic rings. The molecule has 0 radical (unpaired) electrons. The van der Waals surface area contributed by atoms with Crippen molar-refractivity contribution in [3.63, 3.8) is 0 Å². The minimum atomic E-state index is -0.259. The van der Waals surface area contributed by atoms with Gasteiger partial charge in [-0.05, 0) is 26.0 Å². The van der Waals surface area contributed by atoms with Crippen LogP contribution in [-0.2, 0) is 39.1 Å². The number of carbonyl (C=O) groups is 1. The SMILES string of the molecule is COCCOCCOCC(=O)N(Cc1c(-c2ccccc2)noc1C)Cc1c(C)n(C)n(-c2ccccc2)c1=O. The summed E-state index contributed by atoms with van der Waals surface area (Å²) in [5.41, 5.74) is 4.19. The van der Waals surface area contributed by atoms with Gasteiger partial charge in [-0.15, -0.1) is 0 Å². The van der Waals surface area contributed by atoms with Crippen LogP contribution in [0, 0.1) is 13.8 Å². The summed E-state index contributed by atoms with van der Waals surface area (Å²) in [6, 6.07) is 19.1. The van der Waals surface area contributed by atoms with E-state index in [1.54, 1.807) is 16.7 Å². The van der Waals surface area contributed by atoms with E-state index in [1.807, 2.05) is 86.2 Å². The van der Waals surface area contributed by atoms with Crippen molar-refractivity contribution in [2.24, 2.45) is 7.05 Å². The third-order valence-corrected chi connectivity index (χ3v) is 6.79. The molecular weight excluding hydrogens is 512 g/mol. The van der Waals surface area contributed by atoms with Crippen LogP contribution in [0.1, 0.15) is 22.6 Å². The predicted molar refractivity (Wildman–Crippen MR) is 150 cm³/mol. The first-order chi connectivity index (χ1) is 19.4. The highest BCUT2D eigenvalue weighted by molar-refractivity contribution is 5.78. The van der Waals surface area contributed by atoms with Crippen molar-refractivity contribution in [3.8, 4) is 16.9 Å². The maximum Gasteiger partial charge on any atom is 0.276 e. The lowest BCUT2D eigenvalue weighted by molar-refractivity contribution is -0.138. The van der Waals surface area contributed by atoms with Crippen molar-refractivity contribution in [2.75, 3.05) is 40.1 Å². The predicted octanol–water partition coefficient (Wildman–Crippen LogP) is 3.66. The summed E-state index contributed by atoms with van der Waals surface area (Å²) in [5, 5.41) is 4.27. The van der Waals surface area contributed by atoms with Gasteiger partial charge in [-0.1, -0.05) is 53.7 Å². The van der Waals surface area contributed by atoms with Crippen LogP contribution in [0.15, 0.2) is 70.0 Å². The smallest absolute Gasteiger partial charge is 0.276 e. The molecule has 0 saturated heterocycles. The van der Waals surface area contributed by atoms with Gasteiger partial charge in [0, 0.05) is 31.0 Å². The molecule has 1 amide bonds. The van der Waals surface area contributed by atoms with Gasteiger partial charge < -0.3 is 23.6 Å². The average molecular weight is 549 g/mol. The van der Waals surface area contributed by atoms with Gasteiger partial charge in [0.1, 0.15) is 18.1 Å². The van der Waals surface area contributed by atoms with Gasteiger partial charge in [0.15, 0.2) is 0 Å². The van der Waals surface area contributed by atoms with E-state index in [0.717, 1.165) is 22.5 Å². The summed E-state index contributed by atoms with van der Waals surface area (Å²) in [6.07, 6.45) is 0. The van der Waals surface area contributed by atoms with Gasteiger partial charge in [-0.25, -0.2) is 4.68 Å². The molecule has 0 atom stereocenters. The Morgan fingerprint density at radius 2 is 1.52 bits per heavy atom. The Bertz CT molecular complexity index is 1440. The van der Waals surface area contributed by atoms with Gasteiger partial charge in [-0.3, -0.25) is 14.3 Å². The topological polar surface area (TPSA) is 101 Å². The maximum atomic E-state index is 13.6. The van der Waals surface area contributed by atoms with Crippen LogP contribution >= 0.6 is 0 Å². The average Bonchev–Trinajstić information content (AvgIpc) is 3.44. The van der Waals surface area contributed by atoms with Crippen molar-refractivity contribution in [1.82, 2.24) is 19.4 Å². The number of para-hydroxylation sites is 1. The number of hydrogen-bond donors (Lipinski definition) is 0. The number of nitrogens with zero attached hydrogens (tertiary/aromatic N) is 4. The van der Waals surface area contributed by atoms with Crippen LogP contribution < -0.4 is 5.56 Å². The van der Waals surface area contributed by atoms with Crippen LogP contribution in [0.2, 0.25) is 0 Å². The van der Waals surface area contributed by atoms with Gasteiger partial charge in [0.05, 0.1) is 50.8 Å². The highest BCUT2D eigenvalue weighted by Crippen LogP contribution is 2.27. The number of methoxy groups -OCH3 is 1. The zero-order valence-corrected chi connectivity index (χ0v) is 23.5. The summed E-state index contributed by atoms with van der Waals surface area (Å²) in [4.78, 5) is 28.8. The first kappa shape index (κ1) is 29.0. The number of ether oxygens (including phenoxy) is 3. The number of benzene rings is 2. The van der Waals surface area contributed by atoms with E-state index in [0.29, 0.717) is 36.8 Å². The van der Waals surface area contributed by atoms with Crippen LogP contribution in [0.5, 0.6) is 0 Å². The Labute approximate surface area is 233 Å². The van der Waals surface area contributed by atoms with E-state index >= 15 is 0 Å². The molecule has 40 heavy (non-hydrogen) atoms. The molecule has 0 saturated carbocycles. The van der Waals surface area contributed by atoms with Crippen molar-refractivity contribution in [1.29, 1.82) is 0 Å². The Morgan fingerprint density at radius 3 is 2.23 bits per heavy atom. The second-order valence-electron chi connectivity index (χ2n) is 9.38. The molecule has 0 fully saturated rings. The molecular formula is C30H36N4O6. The summed E-state index contributed by atoms with van der Waals surface area (Å²) < 4.78 is 25.0. The number of aromatic nitrogens is 3.